The molecule has 130 valence electrons. The highest BCUT2D eigenvalue weighted by atomic mass is 16.5. The first-order chi connectivity index (χ1) is 12.0. The number of ether oxygens (including phenoxy) is 1. The van der Waals surface area contributed by atoms with E-state index in [1.165, 1.54) is 12.1 Å². The largest absolute Gasteiger partial charge is 0.508 e. The molecule has 0 heterocycles. The molecule has 2 aromatic rings. The number of phenols is 1. The van der Waals surface area contributed by atoms with Crippen LogP contribution in [0.4, 0.5) is 5.69 Å². The number of phenolic OH excluding ortho intramolecular Hbond substituents is 1. The number of benzene rings is 2. The molecule has 0 spiro atoms. The highest BCUT2D eigenvalue weighted by Gasteiger charge is 2.15. The molecule has 3 N–H and O–H groups in total. The summed E-state index contributed by atoms with van der Waals surface area (Å²) in [4.78, 5) is 23.9. The number of hydrogen-bond acceptors (Lipinski definition) is 5. The third-order valence-electron chi connectivity index (χ3n) is 3.25. The topological polar surface area (TPSA) is 100 Å². The Kier molecular flexibility index (Phi) is 6.11. The van der Waals surface area contributed by atoms with Crippen molar-refractivity contribution in [1.29, 1.82) is 0 Å². The summed E-state index contributed by atoms with van der Waals surface area (Å²) in [6.45, 7) is 3.94. The van der Waals surface area contributed by atoms with Crippen molar-refractivity contribution in [1.82, 2.24) is 5.43 Å². The minimum absolute atomic E-state index is 0.132. The van der Waals surface area contributed by atoms with E-state index in [1.807, 2.05) is 6.92 Å². The van der Waals surface area contributed by atoms with E-state index in [4.69, 9.17) is 4.74 Å². The number of rotatable bonds is 5. The van der Waals surface area contributed by atoms with E-state index < -0.39 is 11.8 Å². The van der Waals surface area contributed by atoms with Gasteiger partial charge < -0.3 is 15.2 Å². The zero-order valence-corrected chi connectivity index (χ0v) is 13.9. The van der Waals surface area contributed by atoms with Gasteiger partial charge in [-0.2, -0.15) is 5.10 Å². The second-order valence-electron chi connectivity index (χ2n) is 5.07. The van der Waals surface area contributed by atoms with Crippen molar-refractivity contribution in [3.63, 3.8) is 0 Å². The van der Waals surface area contributed by atoms with E-state index in [1.54, 1.807) is 43.3 Å². The van der Waals surface area contributed by atoms with Crippen LogP contribution in [0.25, 0.3) is 0 Å². The van der Waals surface area contributed by atoms with Crippen molar-refractivity contribution in [2.45, 2.75) is 13.8 Å². The highest BCUT2D eigenvalue weighted by Crippen LogP contribution is 2.23. The Balaban J connectivity index is 2.00. The Morgan fingerprint density at radius 3 is 2.44 bits per heavy atom. The van der Waals surface area contributed by atoms with Gasteiger partial charge >= 0.3 is 11.8 Å². The van der Waals surface area contributed by atoms with Gasteiger partial charge in [-0.25, -0.2) is 5.43 Å². The van der Waals surface area contributed by atoms with Crippen molar-refractivity contribution in [3.05, 3.63) is 54.1 Å². The van der Waals surface area contributed by atoms with Gasteiger partial charge in [0.15, 0.2) is 0 Å². The van der Waals surface area contributed by atoms with Crippen molar-refractivity contribution in [3.8, 4) is 11.5 Å². The standard InChI is InChI=1S/C18H19N3O4/c1-3-25-16-7-5-4-6-15(16)19-17(23)18(24)21-20-12(2)13-8-10-14(22)11-9-13/h4-11,22H,3H2,1-2H3,(H,19,23)(H,21,24)/b20-12+. The fourth-order valence-electron chi connectivity index (χ4n) is 1.98. The molecule has 0 aliphatic carbocycles. The number of carbonyl (C=O) groups is 2. The Hall–Kier alpha value is -3.35. The van der Waals surface area contributed by atoms with E-state index in [0.717, 1.165) is 0 Å². The maximum atomic E-state index is 12.0. The average Bonchev–Trinajstić information content (AvgIpc) is 2.61. The van der Waals surface area contributed by atoms with Crippen LogP contribution in [0.15, 0.2) is 53.6 Å². The summed E-state index contributed by atoms with van der Waals surface area (Å²) in [5.74, 6) is -1.14. The highest BCUT2D eigenvalue weighted by molar-refractivity contribution is 6.39. The molecule has 0 unspecified atom stereocenters. The summed E-state index contributed by atoms with van der Waals surface area (Å²) in [7, 11) is 0. The molecule has 2 rings (SSSR count). The molecule has 0 aliphatic rings. The fourth-order valence-corrected chi connectivity index (χ4v) is 1.98. The maximum Gasteiger partial charge on any atom is 0.329 e. The Morgan fingerprint density at radius 2 is 1.76 bits per heavy atom. The molecule has 0 saturated heterocycles. The van der Waals surface area contributed by atoms with Gasteiger partial charge in [0, 0.05) is 0 Å². The van der Waals surface area contributed by atoms with E-state index in [2.05, 4.69) is 15.8 Å². The van der Waals surface area contributed by atoms with Gasteiger partial charge in [-0.15, -0.1) is 0 Å². The monoisotopic (exact) mass is 341 g/mol. The lowest BCUT2D eigenvalue weighted by Gasteiger charge is -2.10. The average molecular weight is 341 g/mol. The molecule has 7 heteroatoms. The maximum absolute atomic E-state index is 12.0. The molecule has 25 heavy (non-hydrogen) atoms. The lowest BCUT2D eigenvalue weighted by molar-refractivity contribution is -0.136. The second kappa shape index (κ2) is 8.49. The molecule has 0 bridgehead atoms. The number of aromatic hydroxyl groups is 1. The van der Waals surface area contributed by atoms with Crippen LogP contribution in [0.2, 0.25) is 0 Å². The molecule has 0 aromatic heterocycles. The first-order valence-corrected chi connectivity index (χ1v) is 7.68. The van der Waals surface area contributed by atoms with Gasteiger partial charge in [0.2, 0.25) is 0 Å². The molecular weight excluding hydrogens is 322 g/mol. The van der Waals surface area contributed by atoms with Crippen LogP contribution in [0.3, 0.4) is 0 Å². The SMILES string of the molecule is CCOc1ccccc1NC(=O)C(=O)N/N=C(\C)c1ccc(O)cc1. The van der Waals surface area contributed by atoms with Crippen molar-refractivity contribution in [2.24, 2.45) is 5.10 Å². The van der Waals surface area contributed by atoms with Crippen LogP contribution in [-0.2, 0) is 9.59 Å². The quantitative estimate of drug-likeness (QED) is 0.441. The third kappa shape index (κ3) is 5.07. The summed E-state index contributed by atoms with van der Waals surface area (Å²) in [5.41, 5.74) is 3.81. The van der Waals surface area contributed by atoms with E-state index in [0.29, 0.717) is 29.3 Å². The summed E-state index contributed by atoms with van der Waals surface area (Å²) < 4.78 is 5.39. The molecular formula is C18H19N3O4. The molecule has 7 nitrogen and oxygen atoms in total. The predicted molar refractivity (Wildman–Crippen MR) is 94.7 cm³/mol. The van der Waals surface area contributed by atoms with Crippen molar-refractivity contribution < 1.29 is 19.4 Å². The minimum Gasteiger partial charge on any atom is -0.508 e. The van der Waals surface area contributed by atoms with Gasteiger partial charge in [0.25, 0.3) is 0 Å². The van der Waals surface area contributed by atoms with Crippen molar-refractivity contribution >= 4 is 23.2 Å². The predicted octanol–water partition coefficient (Wildman–Crippen LogP) is 2.27. The zero-order chi connectivity index (χ0) is 18.2. The molecule has 0 atom stereocenters. The normalized spacial score (nSPS) is 10.9. The van der Waals surface area contributed by atoms with Crippen LogP contribution in [0, 0.1) is 0 Å². The van der Waals surface area contributed by atoms with Gasteiger partial charge in [-0.3, -0.25) is 9.59 Å². The number of nitrogens with one attached hydrogen (secondary N) is 2. The molecule has 2 amide bonds. The number of anilines is 1. The van der Waals surface area contributed by atoms with E-state index in [-0.39, 0.29) is 5.75 Å². The van der Waals surface area contributed by atoms with Gasteiger partial charge in [0.05, 0.1) is 18.0 Å². The van der Waals surface area contributed by atoms with Crippen LogP contribution in [-0.4, -0.2) is 29.2 Å². The summed E-state index contributed by atoms with van der Waals surface area (Å²) in [6.07, 6.45) is 0. The molecule has 0 fully saturated rings. The lowest BCUT2D eigenvalue weighted by Crippen LogP contribution is -2.33. The van der Waals surface area contributed by atoms with Crippen LogP contribution < -0.4 is 15.5 Å². The van der Waals surface area contributed by atoms with Crippen molar-refractivity contribution in [2.75, 3.05) is 11.9 Å². The van der Waals surface area contributed by atoms with Crippen LogP contribution in [0.5, 0.6) is 11.5 Å². The number of nitrogens with zero attached hydrogens (tertiary/aromatic N) is 1. The summed E-state index contributed by atoms with van der Waals surface area (Å²) in [6, 6.07) is 13.2. The number of hydrogen-bond donors (Lipinski definition) is 3. The molecule has 0 radical (unpaired) electrons. The van der Waals surface area contributed by atoms with E-state index >= 15 is 0 Å². The van der Waals surface area contributed by atoms with Gasteiger partial charge in [-0.1, -0.05) is 12.1 Å². The van der Waals surface area contributed by atoms with Gasteiger partial charge in [0.1, 0.15) is 11.5 Å². The summed E-state index contributed by atoms with van der Waals surface area (Å²) >= 11 is 0. The number of amides is 2. The molecule has 0 saturated carbocycles. The van der Waals surface area contributed by atoms with E-state index in [9.17, 15) is 14.7 Å². The molecule has 0 aliphatic heterocycles. The van der Waals surface area contributed by atoms with Crippen LogP contribution >= 0.6 is 0 Å². The van der Waals surface area contributed by atoms with Crippen LogP contribution in [0.1, 0.15) is 19.4 Å². The number of para-hydroxylation sites is 2. The smallest absolute Gasteiger partial charge is 0.329 e. The Morgan fingerprint density at radius 1 is 1.08 bits per heavy atom. The third-order valence-corrected chi connectivity index (χ3v) is 3.25. The minimum atomic E-state index is -0.899. The summed E-state index contributed by atoms with van der Waals surface area (Å²) in [5, 5.41) is 15.6. The lowest BCUT2D eigenvalue weighted by atomic mass is 10.1. The Bertz CT molecular complexity index is 785. The molecule has 2 aromatic carbocycles. The fraction of sp³-hybridized carbons (Fsp3) is 0.167. The number of carbonyl (C=O) groups excluding carboxylic acids is 2. The Labute approximate surface area is 145 Å². The zero-order valence-electron chi connectivity index (χ0n) is 13.9. The second-order valence-corrected chi connectivity index (χ2v) is 5.07. The van der Waals surface area contributed by atoms with Gasteiger partial charge in [-0.05, 0) is 55.8 Å². The first-order valence-electron chi connectivity index (χ1n) is 7.68. The first kappa shape index (κ1) is 18.0. The number of hydrazone groups is 1.